The number of rotatable bonds is 3. The largest absolute Gasteiger partial charge is 0.381 e. The van der Waals surface area contributed by atoms with E-state index < -0.39 is 0 Å². The molecule has 0 aliphatic carbocycles. The second kappa shape index (κ2) is 3.70. The van der Waals surface area contributed by atoms with Crippen molar-refractivity contribution in [2.75, 3.05) is 13.2 Å². The highest BCUT2D eigenvalue weighted by molar-refractivity contribution is 5.70. The molecule has 0 N–H and O–H groups in total. The summed E-state index contributed by atoms with van der Waals surface area (Å²) in [6.07, 6.45) is 5.34. The molecule has 70 valence electrons. The van der Waals surface area contributed by atoms with Crippen LogP contribution in [-0.4, -0.2) is 29.1 Å². The van der Waals surface area contributed by atoms with Crippen LogP contribution >= 0.6 is 0 Å². The Morgan fingerprint density at radius 2 is 2.69 bits per heavy atom. The highest BCUT2D eigenvalue weighted by Crippen LogP contribution is 2.14. The van der Waals surface area contributed by atoms with Crippen molar-refractivity contribution in [3.05, 3.63) is 18.2 Å². The monoisotopic (exact) mass is 180 g/mol. The summed E-state index contributed by atoms with van der Waals surface area (Å²) in [6.45, 7) is 2.59. The number of imidazole rings is 1. The molecule has 2 heterocycles. The van der Waals surface area contributed by atoms with Crippen LogP contribution < -0.4 is 0 Å². The van der Waals surface area contributed by atoms with Crippen LogP contribution in [0.25, 0.3) is 0 Å². The van der Waals surface area contributed by atoms with Gasteiger partial charge in [0, 0.05) is 25.3 Å². The molecule has 1 aliphatic heterocycles. The first-order chi connectivity index (χ1) is 6.38. The summed E-state index contributed by atoms with van der Waals surface area (Å²) in [5.74, 6) is 0.578. The summed E-state index contributed by atoms with van der Waals surface area (Å²) in [4.78, 5) is 14.3. The molecule has 1 saturated heterocycles. The van der Waals surface area contributed by atoms with Crippen LogP contribution in [0.2, 0.25) is 0 Å². The van der Waals surface area contributed by atoms with Crippen LogP contribution in [-0.2, 0) is 11.3 Å². The zero-order valence-corrected chi connectivity index (χ0v) is 7.35. The molecule has 0 radical (unpaired) electrons. The third kappa shape index (κ3) is 1.95. The summed E-state index contributed by atoms with van der Waals surface area (Å²) in [5.41, 5.74) is 0.499. The van der Waals surface area contributed by atoms with Crippen molar-refractivity contribution in [3.8, 4) is 0 Å². The first-order valence-corrected chi connectivity index (χ1v) is 4.43. The average molecular weight is 180 g/mol. The van der Waals surface area contributed by atoms with Crippen LogP contribution in [0, 0.1) is 5.92 Å². The van der Waals surface area contributed by atoms with Crippen molar-refractivity contribution in [2.24, 2.45) is 5.92 Å². The zero-order valence-electron chi connectivity index (χ0n) is 7.35. The minimum atomic E-state index is 0.499. The van der Waals surface area contributed by atoms with E-state index in [1.165, 1.54) is 0 Å². The number of carbonyl (C=O) groups is 1. The summed E-state index contributed by atoms with van der Waals surface area (Å²) >= 11 is 0. The zero-order chi connectivity index (χ0) is 9.10. The van der Waals surface area contributed by atoms with Gasteiger partial charge in [0.05, 0.1) is 12.9 Å². The number of carbonyl (C=O) groups excluding carboxylic acids is 1. The van der Waals surface area contributed by atoms with Crippen LogP contribution in [0.15, 0.2) is 12.5 Å². The summed E-state index contributed by atoms with van der Waals surface area (Å²) < 4.78 is 7.21. The third-order valence-corrected chi connectivity index (χ3v) is 2.27. The molecule has 13 heavy (non-hydrogen) atoms. The second-order valence-electron chi connectivity index (χ2n) is 3.34. The van der Waals surface area contributed by atoms with Gasteiger partial charge in [-0.3, -0.25) is 4.79 Å². The van der Waals surface area contributed by atoms with Gasteiger partial charge in [0.15, 0.2) is 6.29 Å². The van der Waals surface area contributed by atoms with Gasteiger partial charge < -0.3 is 9.30 Å². The van der Waals surface area contributed by atoms with Crippen molar-refractivity contribution >= 4 is 6.29 Å². The lowest BCUT2D eigenvalue weighted by atomic mass is 10.1. The lowest BCUT2D eigenvalue weighted by Crippen LogP contribution is -2.08. The average Bonchev–Trinajstić information content (AvgIpc) is 2.76. The second-order valence-corrected chi connectivity index (χ2v) is 3.34. The van der Waals surface area contributed by atoms with Gasteiger partial charge in [-0.1, -0.05) is 0 Å². The standard InChI is InChI=1S/C9H12N2O2/c12-5-9-4-11(7-10-9)3-8-1-2-13-6-8/h4-5,7-8H,1-3,6H2. The van der Waals surface area contributed by atoms with E-state index in [9.17, 15) is 4.79 Å². The van der Waals surface area contributed by atoms with Gasteiger partial charge in [0.25, 0.3) is 0 Å². The number of hydrogen-bond donors (Lipinski definition) is 0. The summed E-state index contributed by atoms with van der Waals surface area (Å²) in [7, 11) is 0. The van der Waals surface area contributed by atoms with Crippen molar-refractivity contribution in [2.45, 2.75) is 13.0 Å². The topological polar surface area (TPSA) is 44.1 Å². The van der Waals surface area contributed by atoms with Crippen LogP contribution in [0.5, 0.6) is 0 Å². The number of nitrogens with zero attached hydrogens (tertiary/aromatic N) is 2. The predicted octanol–water partition coefficient (Wildman–Crippen LogP) is 0.732. The number of aromatic nitrogens is 2. The smallest absolute Gasteiger partial charge is 0.169 e. The van der Waals surface area contributed by atoms with E-state index in [4.69, 9.17) is 4.74 Å². The molecule has 1 unspecified atom stereocenters. The fraction of sp³-hybridized carbons (Fsp3) is 0.556. The summed E-state index contributed by atoms with van der Waals surface area (Å²) in [6, 6.07) is 0. The quantitative estimate of drug-likeness (QED) is 0.644. The highest BCUT2D eigenvalue weighted by Gasteiger charge is 2.15. The Hall–Kier alpha value is -1.16. The molecular weight excluding hydrogens is 168 g/mol. The molecule has 4 nitrogen and oxygen atoms in total. The molecule has 1 aliphatic rings. The Morgan fingerprint density at radius 1 is 1.77 bits per heavy atom. The molecule has 1 fully saturated rings. The van der Waals surface area contributed by atoms with E-state index in [0.29, 0.717) is 11.6 Å². The SMILES string of the molecule is O=Cc1cn(CC2CCOC2)cn1. The van der Waals surface area contributed by atoms with E-state index in [1.54, 1.807) is 12.5 Å². The van der Waals surface area contributed by atoms with Gasteiger partial charge in [-0.2, -0.15) is 0 Å². The minimum Gasteiger partial charge on any atom is -0.381 e. The molecule has 1 aromatic heterocycles. The minimum absolute atomic E-state index is 0.499. The molecule has 2 rings (SSSR count). The molecule has 0 bridgehead atoms. The van der Waals surface area contributed by atoms with Crippen LogP contribution in [0.4, 0.5) is 0 Å². The molecule has 0 saturated carbocycles. The van der Waals surface area contributed by atoms with Crippen LogP contribution in [0.1, 0.15) is 16.9 Å². The number of ether oxygens (including phenoxy) is 1. The van der Waals surface area contributed by atoms with E-state index in [1.807, 2.05) is 4.57 Å². The van der Waals surface area contributed by atoms with Gasteiger partial charge in [-0.15, -0.1) is 0 Å². The molecule has 0 aromatic carbocycles. The molecular formula is C9H12N2O2. The van der Waals surface area contributed by atoms with Gasteiger partial charge in [0.1, 0.15) is 5.69 Å². The van der Waals surface area contributed by atoms with Gasteiger partial charge >= 0.3 is 0 Å². The number of hydrogen-bond acceptors (Lipinski definition) is 3. The van der Waals surface area contributed by atoms with Crippen molar-refractivity contribution in [1.29, 1.82) is 0 Å². The molecule has 4 heteroatoms. The summed E-state index contributed by atoms with van der Waals surface area (Å²) in [5, 5.41) is 0. The Kier molecular flexibility index (Phi) is 2.40. The van der Waals surface area contributed by atoms with Crippen molar-refractivity contribution in [3.63, 3.8) is 0 Å². The van der Waals surface area contributed by atoms with Gasteiger partial charge in [-0.05, 0) is 6.42 Å². The lowest BCUT2D eigenvalue weighted by Gasteiger charge is -2.06. The Morgan fingerprint density at radius 3 is 3.31 bits per heavy atom. The van der Waals surface area contributed by atoms with Crippen molar-refractivity contribution < 1.29 is 9.53 Å². The Balaban J connectivity index is 1.96. The Labute approximate surface area is 76.5 Å². The van der Waals surface area contributed by atoms with E-state index >= 15 is 0 Å². The number of aldehydes is 1. The maximum Gasteiger partial charge on any atom is 0.169 e. The van der Waals surface area contributed by atoms with E-state index in [2.05, 4.69) is 4.98 Å². The molecule has 0 spiro atoms. The fourth-order valence-electron chi connectivity index (χ4n) is 1.56. The normalized spacial score (nSPS) is 22.0. The van der Waals surface area contributed by atoms with Crippen LogP contribution in [0.3, 0.4) is 0 Å². The predicted molar refractivity (Wildman–Crippen MR) is 46.5 cm³/mol. The first kappa shape index (κ1) is 8.44. The van der Waals surface area contributed by atoms with Crippen molar-refractivity contribution in [1.82, 2.24) is 9.55 Å². The first-order valence-electron chi connectivity index (χ1n) is 4.43. The maximum atomic E-state index is 10.4. The van der Waals surface area contributed by atoms with Gasteiger partial charge in [-0.25, -0.2) is 4.98 Å². The third-order valence-electron chi connectivity index (χ3n) is 2.27. The maximum absolute atomic E-state index is 10.4. The Bertz CT molecular complexity index is 290. The van der Waals surface area contributed by atoms with E-state index in [0.717, 1.165) is 32.5 Å². The molecule has 1 aromatic rings. The molecule has 1 atom stereocenters. The lowest BCUT2D eigenvalue weighted by molar-refractivity contribution is 0.111. The van der Waals surface area contributed by atoms with E-state index in [-0.39, 0.29) is 0 Å². The highest BCUT2D eigenvalue weighted by atomic mass is 16.5. The fourth-order valence-corrected chi connectivity index (χ4v) is 1.56. The van der Waals surface area contributed by atoms with Gasteiger partial charge in [0.2, 0.25) is 0 Å². The molecule has 0 amide bonds.